The number of hydrogen-bond acceptors (Lipinski definition) is 15. The number of ether oxygens (including phenoxy) is 3. The maximum atomic E-state index is 14.6. The van der Waals surface area contributed by atoms with E-state index in [2.05, 4.69) is 47.4 Å². The molecule has 0 amide bonds. The van der Waals surface area contributed by atoms with Gasteiger partial charge in [0.1, 0.15) is 35.9 Å². The Labute approximate surface area is 313 Å². The second kappa shape index (κ2) is 15.3. The molecule has 1 aliphatic carbocycles. The van der Waals surface area contributed by atoms with Crippen LogP contribution in [0.2, 0.25) is 0 Å². The van der Waals surface area contributed by atoms with Crippen molar-refractivity contribution in [2.75, 3.05) is 37.8 Å². The van der Waals surface area contributed by atoms with E-state index in [1.165, 1.54) is 25.1 Å². The van der Waals surface area contributed by atoms with Crippen molar-refractivity contribution in [2.24, 2.45) is 0 Å². The third-order valence-electron chi connectivity index (χ3n) is 8.59. The molecule has 4 atom stereocenters. The van der Waals surface area contributed by atoms with Crippen LogP contribution in [0.25, 0.3) is 11.2 Å². The van der Waals surface area contributed by atoms with Crippen molar-refractivity contribution in [3.05, 3.63) is 77.0 Å². The number of benzene rings is 2. The predicted molar refractivity (Wildman–Crippen MR) is 196 cm³/mol. The Morgan fingerprint density at radius 1 is 1.23 bits per heavy atom. The third kappa shape index (κ3) is 8.49. The first kappa shape index (κ1) is 38.6. The van der Waals surface area contributed by atoms with Gasteiger partial charge in [-0.2, -0.15) is 15.1 Å². The number of nitrogens with two attached hydrogens (primary N) is 1. The van der Waals surface area contributed by atoms with Crippen LogP contribution in [-0.2, 0) is 40.0 Å². The van der Waals surface area contributed by atoms with Crippen molar-refractivity contribution in [3.63, 3.8) is 0 Å². The minimum absolute atomic E-state index is 0.0594. The maximum Gasteiger partial charge on any atom is 0.459 e. The number of aliphatic hydroxyl groups is 1. The van der Waals surface area contributed by atoms with Gasteiger partial charge in [0.2, 0.25) is 16.0 Å². The molecule has 2 aromatic heterocycles. The van der Waals surface area contributed by atoms with Gasteiger partial charge in [-0.05, 0) is 49.6 Å². The van der Waals surface area contributed by atoms with Gasteiger partial charge in [-0.15, -0.1) is 4.83 Å². The summed E-state index contributed by atoms with van der Waals surface area (Å²) in [4.78, 5) is 28.6. The Bertz CT molecular complexity index is 2170. The quantitative estimate of drug-likeness (QED) is 0.0582. The van der Waals surface area contributed by atoms with Crippen LogP contribution in [0.4, 0.5) is 11.8 Å². The molecule has 284 valence electrons. The van der Waals surface area contributed by atoms with Crippen molar-refractivity contribution < 1.29 is 46.1 Å². The number of para-hydroxylation sites is 1. The molecule has 2 aromatic carbocycles. The molecule has 3 heterocycles. The zero-order valence-electron chi connectivity index (χ0n) is 28.8. The van der Waals surface area contributed by atoms with Gasteiger partial charge in [-0.1, -0.05) is 40.7 Å². The number of methoxy groups -OCH3 is 1. The lowest BCUT2D eigenvalue weighted by Gasteiger charge is -2.41. The van der Waals surface area contributed by atoms with E-state index in [0.717, 1.165) is 15.7 Å². The largest absolute Gasteiger partial charge is 0.496 e. The lowest BCUT2D eigenvalue weighted by molar-refractivity contribution is -0.156. The van der Waals surface area contributed by atoms with Gasteiger partial charge in [0, 0.05) is 22.7 Å². The number of esters is 1. The number of carbonyl (C=O) groups excluding carboxylic acids is 1. The molecule has 21 heteroatoms. The normalized spacial score (nSPS) is 20.8. The van der Waals surface area contributed by atoms with Crippen molar-refractivity contribution in [1.82, 2.24) is 29.4 Å². The van der Waals surface area contributed by atoms with Crippen LogP contribution in [0.1, 0.15) is 31.1 Å². The molecule has 0 bridgehead atoms. The number of imidazole rings is 1. The minimum Gasteiger partial charge on any atom is -0.496 e. The number of hydrazine groups is 1. The first-order valence-electron chi connectivity index (χ1n) is 16.1. The fraction of sp³-hybridized carbons (Fsp3) is 0.375. The highest BCUT2D eigenvalue weighted by Crippen LogP contribution is 2.51. The Kier molecular flexibility index (Phi) is 11.1. The summed E-state index contributed by atoms with van der Waals surface area (Å²) in [5.41, 5.74) is 5.74. The standard InChI is InChI=1S/C32H38BrN8O10PS/c1-19-26(42)24(50-29(19)41-18-35-25-27(36-31(34)37-28(25)41)40(2)39-53(4,45)46)17-49-52(44,51-22-12-10-21(33)11-13-22)38-32(14-7-15-32)30(43)48-16-20-8-5-6-9-23(20)47-3/h5-6,8-13,18,24,26,29,39,42H,1,7,14-17H2,2-4H3,(H,38,44)(H2,34,36,37)/t24?,26-,29?,52?/m0/s1. The number of anilines is 2. The van der Waals surface area contributed by atoms with Gasteiger partial charge in [0.05, 0.1) is 26.3 Å². The molecule has 1 saturated heterocycles. The lowest BCUT2D eigenvalue weighted by Crippen LogP contribution is -2.57. The van der Waals surface area contributed by atoms with Crippen LogP contribution in [0.3, 0.4) is 0 Å². The van der Waals surface area contributed by atoms with Crippen LogP contribution in [0, 0.1) is 0 Å². The number of rotatable bonds is 15. The zero-order valence-corrected chi connectivity index (χ0v) is 32.1. The first-order chi connectivity index (χ1) is 25.1. The van der Waals surface area contributed by atoms with E-state index in [0.29, 0.717) is 30.6 Å². The number of fused-ring (bicyclic) bond motifs is 1. The highest BCUT2D eigenvalue weighted by molar-refractivity contribution is 9.10. The molecule has 4 aromatic rings. The van der Waals surface area contributed by atoms with Gasteiger partial charge in [0.25, 0.3) is 0 Å². The Hall–Kier alpha value is -4.14. The van der Waals surface area contributed by atoms with E-state index in [9.17, 15) is 22.9 Å². The molecule has 0 spiro atoms. The van der Waals surface area contributed by atoms with Gasteiger partial charge in [0.15, 0.2) is 23.2 Å². The van der Waals surface area contributed by atoms with Crippen LogP contribution in [0.5, 0.6) is 11.5 Å². The van der Waals surface area contributed by atoms with E-state index in [4.69, 9.17) is 29.0 Å². The molecule has 2 aliphatic rings. The molecular formula is C32H38BrN8O10PS. The lowest BCUT2D eigenvalue weighted by atomic mass is 9.78. The predicted octanol–water partition coefficient (Wildman–Crippen LogP) is 3.35. The second-order valence-electron chi connectivity index (χ2n) is 12.5. The molecule has 2 fully saturated rings. The van der Waals surface area contributed by atoms with Crippen LogP contribution in [0.15, 0.2) is 71.5 Å². The number of sulfonamides is 1. The van der Waals surface area contributed by atoms with Gasteiger partial charge >= 0.3 is 13.7 Å². The number of aromatic nitrogens is 4. The minimum atomic E-state index is -4.40. The summed E-state index contributed by atoms with van der Waals surface area (Å²) < 4.78 is 69.5. The number of nitrogen functional groups attached to an aromatic ring is 1. The number of halogens is 1. The number of nitrogens with one attached hydrogen (secondary N) is 2. The first-order valence-corrected chi connectivity index (χ1v) is 20.3. The zero-order chi connectivity index (χ0) is 38.1. The van der Waals surface area contributed by atoms with Crippen molar-refractivity contribution in [2.45, 2.75) is 49.8 Å². The van der Waals surface area contributed by atoms with Crippen molar-refractivity contribution >= 4 is 62.6 Å². The molecular weight excluding hydrogens is 799 g/mol. The maximum absolute atomic E-state index is 14.6. The highest BCUT2D eigenvalue weighted by Gasteiger charge is 2.52. The van der Waals surface area contributed by atoms with Gasteiger partial charge in [-0.25, -0.2) is 18.0 Å². The molecule has 53 heavy (non-hydrogen) atoms. The molecule has 5 N–H and O–H groups in total. The Balaban J connectivity index is 1.22. The summed E-state index contributed by atoms with van der Waals surface area (Å²) in [5, 5.41) is 15.2. The summed E-state index contributed by atoms with van der Waals surface area (Å²) in [7, 11) is -5.14. The fourth-order valence-electron chi connectivity index (χ4n) is 5.85. The molecule has 3 unspecified atom stereocenters. The van der Waals surface area contributed by atoms with E-state index in [1.807, 2.05) is 0 Å². The third-order valence-corrected chi connectivity index (χ3v) is 11.4. The van der Waals surface area contributed by atoms with Crippen molar-refractivity contribution in [3.8, 4) is 11.5 Å². The second-order valence-corrected chi connectivity index (χ2v) is 16.8. The summed E-state index contributed by atoms with van der Waals surface area (Å²) in [5.74, 6) is -0.0410. The van der Waals surface area contributed by atoms with Crippen LogP contribution >= 0.6 is 23.7 Å². The van der Waals surface area contributed by atoms with E-state index in [-0.39, 0.29) is 40.9 Å². The Morgan fingerprint density at radius 2 is 1.94 bits per heavy atom. The van der Waals surface area contributed by atoms with Gasteiger partial charge in [-0.3, -0.25) is 18.9 Å². The fourth-order valence-corrected chi connectivity index (χ4v) is 8.44. The number of aliphatic hydroxyl groups excluding tert-OH is 1. The van der Waals surface area contributed by atoms with Gasteiger partial charge < -0.3 is 29.6 Å². The molecule has 1 saturated carbocycles. The molecule has 0 radical (unpaired) electrons. The van der Waals surface area contributed by atoms with Crippen LogP contribution < -0.4 is 29.9 Å². The molecule has 6 rings (SSSR count). The summed E-state index contributed by atoms with van der Waals surface area (Å²) in [6, 6.07) is 13.6. The smallest absolute Gasteiger partial charge is 0.459 e. The van der Waals surface area contributed by atoms with E-state index in [1.54, 1.807) is 48.5 Å². The monoisotopic (exact) mass is 836 g/mol. The van der Waals surface area contributed by atoms with E-state index >= 15 is 0 Å². The average molecular weight is 838 g/mol. The average Bonchev–Trinajstić information content (AvgIpc) is 3.63. The number of nitrogens with zero attached hydrogens (tertiary/aromatic N) is 5. The molecule has 18 nitrogen and oxygen atoms in total. The number of carbonyl (C=O) groups is 1. The summed E-state index contributed by atoms with van der Waals surface area (Å²) in [6.07, 6.45) is 0.0628. The van der Waals surface area contributed by atoms with E-state index < -0.39 is 54.3 Å². The van der Waals surface area contributed by atoms with Crippen LogP contribution in [-0.4, -0.2) is 83.8 Å². The topological polar surface area (TPSA) is 232 Å². The van der Waals surface area contributed by atoms with Crippen molar-refractivity contribution in [1.29, 1.82) is 0 Å². The number of hydrogen-bond donors (Lipinski definition) is 4. The Morgan fingerprint density at radius 3 is 2.60 bits per heavy atom. The summed E-state index contributed by atoms with van der Waals surface area (Å²) >= 11 is 3.37. The molecule has 1 aliphatic heterocycles. The highest BCUT2D eigenvalue weighted by atomic mass is 79.9. The summed E-state index contributed by atoms with van der Waals surface area (Å²) in [6.45, 7) is 3.44. The SMILES string of the molecule is C=C1C(n2cnc3c(N(C)NS(C)(=O)=O)nc(N)nc32)OC(COP(=O)(NC2(C(=O)OCc3ccccc3OC)CCC2)Oc2ccc(Br)cc2)[C@H]1O.